The maximum absolute atomic E-state index is 12.3. The number of rotatable bonds is 4. The molecule has 0 heterocycles. The highest BCUT2D eigenvalue weighted by Gasteiger charge is 2.68. The molecule has 2 saturated carbocycles. The van der Waals surface area contributed by atoms with Crippen molar-refractivity contribution in [1.29, 1.82) is 0 Å². The summed E-state index contributed by atoms with van der Waals surface area (Å²) in [6, 6.07) is 0. The Morgan fingerprint density at radius 2 is 2.06 bits per heavy atom. The molecule has 18 heavy (non-hydrogen) atoms. The van der Waals surface area contributed by atoms with E-state index in [4.69, 9.17) is 0 Å². The second-order valence-corrected chi connectivity index (χ2v) is 8.71. The normalized spacial score (nSPS) is 43.7. The molecular formula is C12H20BrNO3S. The molecule has 0 aromatic heterocycles. The SMILES string of the molecule is CCNS(=O)(=O)C[C@@]1(C)[C@H]2CC[C@@]1(C)C(=O)[C@H]2Br. The van der Waals surface area contributed by atoms with E-state index in [-0.39, 0.29) is 22.3 Å². The van der Waals surface area contributed by atoms with Gasteiger partial charge in [0.1, 0.15) is 0 Å². The molecule has 0 aromatic rings. The number of halogens is 1. The van der Waals surface area contributed by atoms with Gasteiger partial charge in [0.25, 0.3) is 0 Å². The Bertz CT molecular complexity index is 478. The summed E-state index contributed by atoms with van der Waals surface area (Å²) in [5.74, 6) is 0.347. The zero-order valence-electron chi connectivity index (χ0n) is 11.0. The monoisotopic (exact) mass is 337 g/mol. The number of sulfonamides is 1. The predicted molar refractivity (Wildman–Crippen MR) is 74.1 cm³/mol. The van der Waals surface area contributed by atoms with Crippen LogP contribution in [-0.2, 0) is 14.8 Å². The fraction of sp³-hybridized carbons (Fsp3) is 0.917. The number of nitrogens with one attached hydrogen (secondary N) is 1. The molecule has 2 aliphatic carbocycles. The van der Waals surface area contributed by atoms with Gasteiger partial charge >= 0.3 is 0 Å². The Morgan fingerprint density at radius 1 is 1.44 bits per heavy atom. The van der Waals surface area contributed by atoms with E-state index in [1.807, 2.05) is 13.8 Å². The van der Waals surface area contributed by atoms with Crippen LogP contribution in [0.2, 0.25) is 0 Å². The molecule has 0 amide bonds. The van der Waals surface area contributed by atoms with Crippen LogP contribution in [0.1, 0.15) is 33.6 Å². The third-order valence-electron chi connectivity index (χ3n) is 5.04. The van der Waals surface area contributed by atoms with Crippen LogP contribution in [0, 0.1) is 16.7 Å². The molecule has 2 rings (SSSR count). The molecule has 4 atom stereocenters. The molecule has 2 bridgehead atoms. The van der Waals surface area contributed by atoms with Gasteiger partial charge < -0.3 is 0 Å². The largest absolute Gasteiger partial charge is 0.298 e. The molecule has 0 aliphatic heterocycles. The van der Waals surface area contributed by atoms with Gasteiger partial charge in [-0.3, -0.25) is 4.79 Å². The number of Topliss-reactive ketones (excluding diaryl/α,β-unsaturated/α-hetero) is 1. The molecule has 0 unspecified atom stereocenters. The standard InChI is InChI=1S/C12H20BrNO3S/c1-4-14-18(16,17)7-12(3)8-5-6-11(12,2)10(15)9(8)13/h8-9,14H,4-7H2,1-3H3/t8-,9-,11-,12-/m0/s1. The molecule has 2 aliphatic rings. The minimum absolute atomic E-state index is 0.0445. The van der Waals surface area contributed by atoms with Gasteiger partial charge in [0.05, 0.1) is 10.6 Å². The molecule has 4 nitrogen and oxygen atoms in total. The Balaban J connectivity index is 2.35. The summed E-state index contributed by atoms with van der Waals surface area (Å²) in [5, 5.41) is 0. The summed E-state index contributed by atoms with van der Waals surface area (Å²) in [5.41, 5.74) is -0.965. The van der Waals surface area contributed by atoms with Crippen molar-refractivity contribution in [2.75, 3.05) is 12.3 Å². The van der Waals surface area contributed by atoms with E-state index in [9.17, 15) is 13.2 Å². The molecule has 1 N–H and O–H groups in total. The van der Waals surface area contributed by atoms with Crippen molar-refractivity contribution >= 4 is 31.7 Å². The average Bonchev–Trinajstić information content (AvgIpc) is 2.54. The number of carbonyl (C=O) groups excluding carboxylic acids is 1. The number of ketones is 1. The topological polar surface area (TPSA) is 63.2 Å². The van der Waals surface area contributed by atoms with Crippen LogP contribution < -0.4 is 4.72 Å². The van der Waals surface area contributed by atoms with E-state index in [1.54, 1.807) is 6.92 Å². The van der Waals surface area contributed by atoms with E-state index in [0.717, 1.165) is 12.8 Å². The first-order chi connectivity index (χ1) is 8.18. The van der Waals surface area contributed by atoms with E-state index < -0.39 is 20.9 Å². The lowest BCUT2D eigenvalue weighted by Gasteiger charge is -2.36. The second kappa shape index (κ2) is 4.28. The highest BCUT2D eigenvalue weighted by molar-refractivity contribution is 9.10. The van der Waals surface area contributed by atoms with Crippen molar-refractivity contribution in [2.45, 2.75) is 38.4 Å². The fourth-order valence-electron chi connectivity index (χ4n) is 3.75. The van der Waals surface area contributed by atoms with Crippen molar-refractivity contribution in [2.24, 2.45) is 16.7 Å². The smallest absolute Gasteiger partial charge is 0.212 e. The van der Waals surface area contributed by atoms with Crippen molar-refractivity contribution in [1.82, 2.24) is 4.72 Å². The molecular weight excluding hydrogens is 318 g/mol. The number of hydrogen-bond donors (Lipinski definition) is 1. The van der Waals surface area contributed by atoms with Crippen LogP contribution in [-0.4, -0.2) is 31.3 Å². The van der Waals surface area contributed by atoms with Gasteiger partial charge in [-0.2, -0.15) is 0 Å². The number of fused-ring (bicyclic) bond motifs is 2. The first-order valence-electron chi connectivity index (χ1n) is 6.34. The van der Waals surface area contributed by atoms with E-state index in [0.29, 0.717) is 6.54 Å². The molecule has 6 heteroatoms. The van der Waals surface area contributed by atoms with Crippen molar-refractivity contribution in [3.63, 3.8) is 0 Å². The summed E-state index contributed by atoms with van der Waals surface area (Å²) >= 11 is 3.45. The Labute approximate surface area is 117 Å². The highest BCUT2D eigenvalue weighted by Crippen LogP contribution is 2.65. The lowest BCUT2D eigenvalue weighted by Crippen LogP contribution is -2.43. The first kappa shape index (κ1) is 14.5. The molecule has 2 fully saturated rings. The minimum Gasteiger partial charge on any atom is -0.298 e. The molecule has 0 saturated heterocycles. The average molecular weight is 338 g/mol. The Hall–Kier alpha value is 0.0600. The van der Waals surface area contributed by atoms with E-state index in [1.165, 1.54) is 0 Å². The first-order valence-corrected chi connectivity index (χ1v) is 8.90. The summed E-state index contributed by atoms with van der Waals surface area (Å²) in [6.07, 6.45) is 1.73. The van der Waals surface area contributed by atoms with Crippen molar-refractivity contribution in [3.8, 4) is 0 Å². The number of hydrogen-bond acceptors (Lipinski definition) is 3. The van der Waals surface area contributed by atoms with Gasteiger partial charge in [0, 0.05) is 12.0 Å². The van der Waals surface area contributed by atoms with Crippen molar-refractivity contribution in [3.05, 3.63) is 0 Å². The van der Waals surface area contributed by atoms with E-state index >= 15 is 0 Å². The zero-order chi connectivity index (χ0) is 13.8. The summed E-state index contributed by atoms with van der Waals surface area (Å²) in [7, 11) is -3.31. The molecule has 0 spiro atoms. The zero-order valence-corrected chi connectivity index (χ0v) is 13.4. The fourth-order valence-corrected chi connectivity index (χ4v) is 6.97. The molecule has 0 radical (unpaired) electrons. The quantitative estimate of drug-likeness (QED) is 0.794. The number of carbonyl (C=O) groups is 1. The van der Waals surface area contributed by atoms with E-state index in [2.05, 4.69) is 20.7 Å². The van der Waals surface area contributed by atoms with Crippen LogP contribution in [0.3, 0.4) is 0 Å². The lowest BCUT2D eigenvalue weighted by molar-refractivity contribution is -0.127. The molecule has 104 valence electrons. The highest BCUT2D eigenvalue weighted by atomic mass is 79.9. The van der Waals surface area contributed by atoms with Gasteiger partial charge in [-0.15, -0.1) is 0 Å². The Morgan fingerprint density at radius 3 is 2.50 bits per heavy atom. The van der Waals surface area contributed by atoms with Gasteiger partial charge in [-0.25, -0.2) is 13.1 Å². The van der Waals surface area contributed by atoms with Gasteiger partial charge in [-0.05, 0) is 24.2 Å². The van der Waals surface area contributed by atoms with Crippen molar-refractivity contribution < 1.29 is 13.2 Å². The molecule has 0 aromatic carbocycles. The van der Waals surface area contributed by atoms with Crippen LogP contribution >= 0.6 is 15.9 Å². The maximum atomic E-state index is 12.3. The maximum Gasteiger partial charge on any atom is 0.212 e. The van der Waals surface area contributed by atoms with Crippen LogP contribution in [0.25, 0.3) is 0 Å². The van der Waals surface area contributed by atoms with Crippen LogP contribution in [0.4, 0.5) is 0 Å². The Kier molecular flexibility index (Phi) is 3.44. The third kappa shape index (κ3) is 1.79. The van der Waals surface area contributed by atoms with Gasteiger partial charge in [-0.1, -0.05) is 36.7 Å². The van der Waals surface area contributed by atoms with Crippen LogP contribution in [0.5, 0.6) is 0 Å². The summed E-state index contributed by atoms with van der Waals surface area (Å²) in [6.45, 7) is 6.05. The predicted octanol–water partition coefficient (Wildman–Crippen LogP) is 1.69. The van der Waals surface area contributed by atoms with Gasteiger partial charge in [0.2, 0.25) is 10.0 Å². The lowest BCUT2D eigenvalue weighted by atomic mass is 9.70. The summed E-state index contributed by atoms with van der Waals surface area (Å²) in [4.78, 5) is 12.1. The van der Waals surface area contributed by atoms with Crippen LogP contribution in [0.15, 0.2) is 0 Å². The summed E-state index contributed by atoms with van der Waals surface area (Å²) < 4.78 is 26.6. The third-order valence-corrected chi connectivity index (χ3v) is 7.80. The number of alkyl halides is 1. The van der Waals surface area contributed by atoms with Gasteiger partial charge in [0.15, 0.2) is 5.78 Å². The second-order valence-electron chi connectivity index (χ2n) is 5.92. The minimum atomic E-state index is -3.31.